The first kappa shape index (κ1) is 13.7. The molecule has 2 heterocycles. The van der Waals surface area contributed by atoms with Gasteiger partial charge in [-0.1, -0.05) is 19.0 Å². The van der Waals surface area contributed by atoms with E-state index < -0.39 is 10.0 Å². The molecule has 9 heteroatoms. The zero-order chi connectivity index (χ0) is 13.9. The van der Waals surface area contributed by atoms with Crippen molar-refractivity contribution in [2.45, 2.75) is 31.7 Å². The standard InChI is InChI=1S/C10H15N5O3S/c1-7(2)3-10-14-9(15-18-10)6-13-19(16,17)8-4-11-12-5-8/h4-5,7,13H,3,6H2,1-2H3,(H,11,12). The summed E-state index contributed by atoms with van der Waals surface area (Å²) in [6.45, 7) is 4.05. The zero-order valence-corrected chi connectivity index (χ0v) is 11.4. The van der Waals surface area contributed by atoms with Gasteiger partial charge in [-0.05, 0) is 5.92 Å². The van der Waals surface area contributed by atoms with Gasteiger partial charge in [0.1, 0.15) is 4.90 Å². The van der Waals surface area contributed by atoms with E-state index in [1.165, 1.54) is 12.4 Å². The van der Waals surface area contributed by atoms with Crippen LogP contribution in [0.4, 0.5) is 0 Å². The number of aromatic nitrogens is 4. The van der Waals surface area contributed by atoms with Gasteiger partial charge >= 0.3 is 0 Å². The van der Waals surface area contributed by atoms with Crippen molar-refractivity contribution in [2.24, 2.45) is 5.92 Å². The number of nitrogens with one attached hydrogen (secondary N) is 2. The van der Waals surface area contributed by atoms with Crippen molar-refractivity contribution in [3.8, 4) is 0 Å². The highest BCUT2D eigenvalue weighted by molar-refractivity contribution is 7.89. The third-order valence-corrected chi connectivity index (χ3v) is 3.66. The lowest BCUT2D eigenvalue weighted by Crippen LogP contribution is -2.23. The lowest BCUT2D eigenvalue weighted by Gasteiger charge is -2.00. The van der Waals surface area contributed by atoms with Crippen LogP contribution in [0.25, 0.3) is 0 Å². The summed E-state index contributed by atoms with van der Waals surface area (Å²) < 4.78 is 31.0. The molecule has 0 bridgehead atoms. The van der Waals surface area contributed by atoms with Crippen molar-refractivity contribution in [3.63, 3.8) is 0 Å². The molecule has 19 heavy (non-hydrogen) atoms. The molecule has 2 N–H and O–H groups in total. The van der Waals surface area contributed by atoms with Gasteiger partial charge in [-0.25, -0.2) is 13.1 Å². The van der Waals surface area contributed by atoms with E-state index in [1.54, 1.807) is 0 Å². The lowest BCUT2D eigenvalue weighted by molar-refractivity contribution is 0.358. The molecule has 0 amide bonds. The van der Waals surface area contributed by atoms with Gasteiger partial charge in [-0.15, -0.1) is 0 Å². The quantitative estimate of drug-likeness (QED) is 0.797. The Labute approximate surface area is 110 Å². The van der Waals surface area contributed by atoms with E-state index in [2.05, 4.69) is 25.1 Å². The summed E-state index contributed by atoms with van der Waals surface area (Å²) >= 11 is 0. The molecule has 2 aromatic rings. The van der Waals surface area contributed by atoms with Crippen molar-refractivity contribution in [3.05, 3.63) is 24.1 Å². The van der Waals surface area contributed by atoms with E-state index in [4.69, 9.17) is 4.52 Å². The summed E-state index contributed by atoms with van der Waals surface area (Å²) in [4.78, 5) is 4.17. The second-order valence-corrected chi connectivity index (χ2v) is 6.23. The van der Waals surface area contributed by atoms with Crippen molar-refractivity contribution in [1.29, 1.82) is 0 Å². The molecule has 0 aliphatic rings. The van der Waals surface area contributed by atoms with Gasteiger partial charge < -0.3 is 4.52 Å². The molecule has 0 radical (unpaired) electrons. The predicted octanol–water partition coefficient (Wildman–Crippen LogP) is 0.470. The first-order valence-electron chi connectivity index (χ1n) is 5.77. The topological polar surface area (TPSA) is 114 Å². The fraction of sp³-hybridized carbons (Fsp3) is 0.500. The molecular weight excluding hydrogens is 270 g/mol. The predicted molar refractivity (Wildman–Crippen MR) is 65.5 cm³/mol. The van der Waals surface area contributed by atoms with E-state index in [1.807, 2.05) is 13.8 Å². The maximum absolute atomic E-state index is 11.8. The summed E-state index contributed by atoms with van der Waals surface area (Å²) in [6, 6.07) is 0. The average molecular weight is 285 g/mol. The van der Waals surface area contributed by atoms with Crippen molar-refractivity contribution in [1.82, 2.24) is 25.1 Å². The Hall–Kier alpha value is -1.74. The molecule has 0 saturated carbocycles. The monoisotopic (exact) mass is 285 g/mol. The molecule has 0 aliphatic carbocycles. The van der Waals surface area contributed by atoms with Crippen molar-refractivity contribution in [2.75, 3.05) is 0 Å². The fourth-order valence-corrected chi connectivity index (χ4v) is 2.31. The Bertz CT molecular complexity index is 617. The molecule has 0 fully saturated rings. The smallest absolute Gasteiger partial charge is 0.244 e. The number of nitrogens with zero attached hydrogens (tertiary/aromatic N) is 3. The Kier molecular flexibility index (Phi) is 3.96. The highest BCUT2D eigenvalue weighted by Gasteiger charge is 2.16. The number of H-pyrrole nitrogens is 1. The minimum atomic E-state index is -3.59. The second-order valence-electron chi connectivity index (χ2n) is 4.46. The number of hydrogen-bond acceptors (Lipinski definition) is 6. The summed E-state index contributed by atoms with van der Waals surface area (Å²) in [5.74, 6) is 1.21. The van der Waals surface area contributed by atoms with Crippen LogP contribution < -0.4 is 4.72 Å². The van der Waals surface area contributed by atoms with E-state index in [-0.39, 0.29) is 11.4 Å². The Morgan fingerprint density at radius 3 is 2.89 bits per heavy atom. The highest BCUT2D eigenvalue weighted by atomic mass is 32.2. The van der Waals surface area contributed by atoms with Crippen LogP contribution in [-0.2, 0) is 23.0 Å². The zero-order valence-electron chi connectivity index (χ0n) is 10.6. The summed E-state index contributed by atoms with van der Waals surface area (Å²) in [5, 5.41) is 9.74. The molecule has 0 atom stereocenters. The van der Waals surface area contributed by atoms with Crippen molar-refractivity contribution >= 4 is 10.0 Å². The van der Waals surface area contributed by atoms with Crippen LogP contribution in [0.15, 0.2) is 21.8 Å². The van der Waals surface area contributed by atoms with Crippen LogP contribution in [0, 0.1) is 5.92 Å². The number of rotatable bonds is 6. The maximum Gasteiger partial charge on any atom is 0.244 e. The van der Waals surface area contributed by atoms with E-state index in [0.29, 0.717) is 24.1 Å². The molecule has 0 saturated heterocycles. The molecule has 0 unspecified atom stereocenters. The molecule has 8 nitrogen and oxygen atoms in total. The largest absolute Gasteiger partial charge is 0.339 e. The minimum Gasteiger partial charge on any atom is -0.339 e. The van der Waals surface area contributed by atoms with Gasteiger partial charge in [0.05, 0.1) is 12.7 Å². The van der Waals surface area contributed by atoms with Gasteiger partial charge in [0, 0.05) is 12.6 Å². The average Bonchev–Trinajstić information content (AvgIpc) is 2.96. The Morgan fingerprint density at radius 2 is 2.26 bits per heavy atom. The van der Waals surface area contributed by atoms with Crippen molar-refractivity contribution < 1.29 is 12.9 Å². The third kappa shape index (κ3) is 3.61. The third-order valence-electron chi connectivity index (χ3n) is 2.30. The molecule has 0 spiro atoms. The Morgan fingerprint density at radius 1 is 1.47 bits per heavy atom. The number of hydrogen-bond donors (Lipinski definition) is 2. The Balaban J connectivity index is 1.97. The number of sulfonamides is 1. The molecule has 0 aromatic carbocycles. The van der Waals surface area contributed by atoms with Crippen LogP contribution in [0.1, 0.15) is 25.6 Å². The minimum absolute atomic E-state index is 0.0187. The summed E-state index contributed by atoms with van der Waals surface area (Å²) in [6.07, 6.45) is 3.19. The SMILES string of the molecule is CC(C)Cc1nc(CNS(=O)(=O)c2cn[nH]c2)no1. The van der Waals surface area contributed by atoms with Crippen LogP contribution in [0.5, 0.6) is 0 Å². The van der Waals surface area contributed by atoms with Crippen LogP contribution in [0.3, 0.4) is 0 Å². The van der Waals surface area contributed by atoms with Gasteiger partial charge in [0.2, 0.25) is 15.9 Å². The van der Waals surface area contributed by atoms with E-state index >= 15 is 0 Å². The van der Waals surface area contributed by atoms with Crippen LogP contribution >= 0.6 is 0 Å². The van der Waals surface area contributed by atoms with Gasteiger partial charge in [0.15, 0.2) is 5.82 Å². The van der Waals surface area contributed by atoms with Crippen LogP contribution in [-0.4, -0.2) is 28.8 Å². The molecule has 0 aliphatic heterocycles. The summed E-state index contributed by atoms with van der Waals surface area (Å²) in [7, 11) is -3.59. The van der Waals surface area contributed by atoms with E-state index in [0.717, 1.165) is 0 Å². The maximum atomic E-state index is 11.8. The lowest BCUT2D eigenvalue weighted by atomic mass is 10.1. The first-order valence-corrected chi connectivity index (χ1v) is 7.25. The van der Waals surface area contributed by atoms with E-state index in [9.17, 15) is 8.42 Å². The fourth-order valence-electron chi connectivity index (χ4n) is 1.42. The highest BCUT2D eigenvalue weighted by Crippen LogP contribution is 2.07. The van der Waals surface area contributed by atoms with Crippen LogP contribution in [0.2, 0.25) is 0 Å². The molecule has 104 valence electrons. The van der Waals surface area contributed by atoms with Gasteiger partial charge in [0.25, 0.3) is 0 Å². The summed E-state index contributed by atoms with van der Waals surface area (Å²) in [5.41, 5.74) is 0. The van der Waals surface area contributed by atoms with Gasteiger partial charge in [-0.3, -0.25) is 5.10 Å². The van der Waals surface area contributed by atoms with Gasteiger partial charge in [-0.2, -0.15) is 10.1 Å². The normalized spacial score (nSPS) is 12.2. The first-order chi connectivity index (χ1) is 8.97. The second kappa shape index (κ2) is 5.49. The molecular formula is C10H15N5O3S. The number of aromatic amines is 1. The molecule has 2 aromatic heterocycles. The molecule has 2 rings (SSSR count).